The van der Waals surface area contributed by atoms with Crippen molar-refractivity contribution in [2.24, 2.45) is 0 Å². The van der Waals surface area contributed by atoms with Crippen molar-refractivity contribution in [1.29, 1.82) is 0 Å². The van der Waals surface area contributed by atoms with Crippen molar-refractivity contribution in [3.8, 4) is 17.0 Å². The molecule has 0 aliphatic carbocycles. The Morgan fingerprint density at radius 1 is 1.28 bits per heavy atom. The summed E-state index contributed by atoms with van der Waals surface area (Å²) in [4.78, 5) is 16.6. The molecule has 0 saturated heterocycles. The average molecular weight is 438 g/mol. The van der Waals surface area contributed by atoms with Gasteiger partial charge in [0.2, 0.25) is 5.91 Å². The topological polar surface area (TPSA) is 51.2 Å². The molecule has 0 spiro atoms. The molecular weight excluding hydrogens is 424 g/mol. The fourth-order valence-corrected chi connectivity index (χ4v) is 3.50. The third-order valence-corrected chi connectivity index (χ3v) is 5.06. The van der Waals surface area contributed by atoms with Crippen molar-refractivity contribution in [1.82, 2.24) is 4.98 Å². The highest BCUT2D eigenvalue weighted by molar-refractivity contribution is 9.10. The minimum absolute atomic E-state index is 0.101. The number of carbonyl (C=O) groups is 1. The molecule has 7 heteroatoms. The van der Waals surface area contributed by atoms with Crippen LogP contribution in [0.1, 0.15) is 5.56 Å². The van der Waals surface area contributed by atoms with Gasteiger partial charge in [0.05, 0.1) is 24.2 Å². The van der Waals surface area contributed by atoms with E-state index in [1.54, 1.807) is 19.2 Å². The molecule has 4 nitrogen and oxygen atoms in total. The van der Waals surface area contributed by atoms with Crippen molar-refractivity contribution in [2.45, 2.75) is 6.42 Å². The highest BCUT2D eigenvalue weighted by atomic mass is 79.9. The highest BCUT2D eigenvalue weighted by Crippen LogP contribution is 2.31. The minimum Gasteiger partial charge on any atom is -0.495 e. The molecule has 0 radical (unpaired) electrons. The molecule has 25 heavy (non-hydrogen) atoms. The summed E-state index contributed by atoms with van der Waals surface area (Å²) in [5.74, 6) is 0.514. The van der Waals surface area contributed by atoms with E-state index in [-0.39, 0.29) is 5.91 Å². The molecule has 1 N–H and O–H groups in total. The van der Waals surface area contributed by atoms with Gasteiger partial charge in [-0.3, -0.25) is 4.79 Å². The van der Waals surface area contributed by atoms with E-state index in [9.17, 15) is 4.79 Å². The standard InChI is InChI=1S/C18H14BrClN2O2S/c1-24-16-7-4-12(9-14(16)20)15-10-25-18(21-15)22-17(23)8-11-2-5-13(19)6-3-11/h2-7,9-10H,8H2,1H3,(H,21,22,23). The summed E-state index contributed by atoms with van der Waals surface area (Å²) in [7, 11) is 1.57. The molecule has 0 bridgehead atoms. The van der Waals surface area contributed by atoms with Gasteiger partial charge in [0.25, 0.3) is 0 Å². The summed E-state index contributed by atoms with van der Waals surface area (Å²) in [6.45, 7) is 0. The monoisotopic (exact) mass is 436 g/mol. The normalized spacial score (nSPS) is 10.5. The smallest absolute Gasteiger partial charge is 0.230 e. The molecule has 1 heterocycles. The number of halogens is 2. The van der Waals surface area contributed by atoms with Gasteiger partial charge in [-0.2, -0.15) is 0 Å². The van der Waals surface area contributed by atoms with Gasteiger partial charge < -0.3 is 10.1 Å². The summed E-state index contributed by atoms with van der Waals surface area (Å²) in [6.07, 6.45) is 0.302. The number of amides is 1. The Labute approximate surface area is 162 Å². The Kier molecular flexibility index (Phi) is 5.73. The zero-order valence-electron chi connectivity index (χ0n) is 13.3. The molecule has 128 valence electrons. The lowest BCUT2D eigenvalue weighted by atomic mass is 10.1. The molecule has 3 rings (SSSR count). The Morgan fingerprint density at radius 2 is 2.04 bits per heavy atom. The fourth-order valence-electron chi connectivity index (χ4n) is 2.24. The van der Waals surface area contributed by atoms with Gasteiger partial charge in [-0.15, -0.1) is 11.3 Å². The average Bonchev–Trinajstić information content (AvgIpc) is 3.05. The maximum atomic E-state index is 12.2. The molecule has 0 fully saturated rings. The summed E-state index contributed by atoms with van der Waals surface area (Å²) in [5.41, 5.74) is 2.57. The number of nitrogens with zero attached hydrogens (tertiary/aromatic N) is 1. The minimum atomic E-state index is -0.101. The molecule has 0 saturated carbocycles. The molecule has 3 aromatic rings. The number of anilines is 1. The summed E-state index contributed by atoms with van der Waals surface area (Å²) >= 11 is 10.9. The van der Waals surface area contributed by atoms with Gasteiger partial charge in [0.15, 0.2) is 5.13 Å². The maximum Gasteiger partial charge on any atom is 0.230 e. The van der Waals surface area contributed by atoms with Crippen molar-refractivity contribution in [3.63, 3.8) is 0 Å². The van der Waals surface area contributed by atoms with Gasteiger partial charge in [-0.25, -0.2) is 4.98 Å². The van der Waals surface area contributed by atoms with Crippen molar-refractivity contribution in [2.75, 3.05) is 12.4 Å². The number of methoxy groups -OCH3 is 1. The van der Waals surface area contributed by atoms with E-state index >= 15 is 0 Å². The van der Waals surface area contributed by atoms with Crippen LogP contribution in [0.25, 0.3) is 11.3 Å². The fraction of sp³-hybridized carbons (Fsp3) is 0.111. The van der Waals surface area contributed by atoms with Crippen LogP contribution in [-0.4, -0.2) is 18.0 Å². The lowest BCUT2D eigenvalue weighted by Gasteiger charge is -2.04. The predicted octanol–water partition coefficient (Wildman–Crippen LogP) is 5.42. The van der Waals surface area contributed by atoms with E-state index in [1.807, 2.05) is 35.7 Å². The predicted molar refractivity (Wildman–Crippen MR) is 106 cm³/mol. The highest BCUT2D eigenvalue weighted by Gasteiger charge is 2.10. The summed E-state index contributed by atoms with van der Waals surface area (Å²) in [5, 5.41) is 5.80. The Bertz CT molecular complexity index is 896. The maximum absolute atomic E-state index is 12.2. The SMILES string of the molecule is COc1ccc(-c2csc(NC(=O)Cc3ccc(Br)cc3)n2)cc1Cl. The van der Waals surface area contributed by atoms with Crippen LogP contribution in [0.15, 0.2) is 52.3 Å². The number of aromatic nitrogens is 1. The van der Waals surface area contributed by atoms with Crippen LogP contribution in [0, 0.1) is 0 Å². The number of hydrogen-bond acceptors (Lipinski definition) is 4. The molecular formula is C18H14BrClN2O2S. The number of carbonyl (C=O) groups excluding carboxylic acids is 1. The molecule has 0 aliphatic rings. The largest absolute Gasteiger partial charge is 0.495 e. The Balaban J connectivity index is 1.68. The Hall–Kier alpha value is -1.89. The van der Waals surface area contributed by atoms with Crippen molar-refractivity contribution >= 4 is 49.9 Å². The second-order valence-corrected chi connectivity index (χ2v) is 7.42. The number of hydrogen-bond donors (Lipinski definition) is 1. The van der Waals surface area contributed by atoms with E-state index in [1.165, 1.54) is 11.3 Å². The first kappa shape index (κ1) is 17.9. The quantitative estimate of drug-likeness (QED) is 0.580. The number of ether oxygens (including phenoxy) is 1. The van der Waals surface area contributed by atoms with Crippen LogP contribution in [0.3, 0.4) is 0 Å². The number of rotatable bonds is 5. The van der Waals surface area contributed by atoms with E-state index in [2.05, 4.69) is 26.2 Å². The third kappa shape index (κ3) is 4.60. The second-order valence-electron chi connectivity index (χ2n) is 5.24. The van der Waals surface area contributed by atoms with Crippen LogP contribution in [0.5, 0.6) is 5.75 Å². The molecule has 0 atom stereocenters. The zero-order chi connectivity index (χ0) is 17.8. The number of benzene rings is 2. The van der Waals surface area contributed by atoms with Crippen LogP contribution < -0.4 is 10.1 Å². The molecule has 1 aromatic heterocycles. The number of nitrogens with one attached hydrogen (secondary N) is 1. The lowest BCUT2D eigenvalue weighted by Crippen LogP contribution is -2.14. The van der Waals surface area contributed by atoms with Crippen LogP contribution in [0.2, 0.25) is 5.02 Å². The Morgan fingerprint density at radius 3 is 2.72 bits per heavy atom. The van der Waals surface area contributed by atoms with Crippen LogP contribution >= 0.6 is 38.9 Å². The van der Waals surface area contributed by atoms with Gasteiger partial charge in [0, 0.05) is 15.4 Å². The van der Waals surface area contributed by atoms with Gasteiger partial charge in [0.1, 0.15) is 5.75 Å². The summed E-state index contributed by atoms with van der Waals surface area (Å²) in [6, 6.07) is 13.1. The number of thiazole rings is 1. The van der Waals surface area contributed by atoms with Gasteiger partial charge >= 0.3 is 0 Å². The van der Waals surface area contributed by atoms with Crippen molar-refractivity contribution < 1.29 is 9.53 Å². The van der Waals surface area contributed by atoms with Gasteiger partial charge in [-0.1, -0.05) is 39.7 Å². The van der Waals surface area contributed by atoms with Gasteiger partial charge in [-0.05, 0) is 35.9 Å². The van der Waals surface area contributed by atoms with E-state index < -0.39 is 0 Å². The third-order valence-electron chi connectivity index (χ3n) is 3.48. The van der Waals surface area contributed by atoms with E-state index in [0.717, 1.165) is 21.3 Å². The van der Waals surface area contributed by atoms with E-state index in [0.29, 0.717) is 22.3 Å². The first-order chi connectivity index (χ1) is 12.0. The van der Waals surface area contributed by atoms with Crippen LogP contribution in [-0.2, 0) is 11.2 Å². The van der Waals surface area contributed by atoms with Crippen molar-refractivity contribution in [3.05, 3.63) is 62.9 Å². The second kappa shape index (κ2) is 7.99. The summed E-state index contributed by atoms with van der Waals surface area (Å²) < 4.78 is 6.13. The lowest BCUT2D eigenvalue weighted by molar-refractivity contribution is -0.115. The van der Waals surface area contributed by atoms with E-state index in [4.69, 9.17) is 16.3 Å². The molecule has 0 aliphatic heterocycles. The first-order valence-corrected chi connectivity index (χ1v) is 9.44. The first-order valence-electron chi connectivity index (χ1n) is 7.39. The molecule has 2 aromatic carbocycles. The molecule has 1 amide bonds. The zero-order valence-corrected chi connectivity index (χ0v) is 16.4. The molecule has 0 unspecified atom stereocenters. The van der Waals surface area contributed by atoms with Crippen LogP contribution in [0.4, 0.5) is 5.13 Å².